The highest BCUT2D eigenvalue weighted by atomic mass is 19.1. The lowest BCUT2D eigenvalue weighted by Gasteiger charge is -2.34. The van der Waals surface area contributed by atoms with Gasteiger partial charge in [0.05, 0.1) is 5.56 Å². The van der Waals surface area contributed by atoms with E-state index in [2.05, 4.69) is 15.6 Å². The first-order chi connectivity index (χ1) is 17.0. The van der Waals surface area contributed by atoms with Crippen molar-refractivity contribution in [3.63, 3.8) is 0 Å². The number of dihydropyridines is 1. The monoisotopic (exact) mass is 467 g/mol. The number of carbonyl (C=O) groups excluding carboxylic acids is 1. The fraction of sp³-hybridized carbons (Fsp3) is 0.250. The molecule has 176 valence electrons. The van der Waals surface area contributed by atoms with E-state index in [-0.39, 0.29) is 17.5 Å². The maximum absolute atomic E-state index is 13.9. The number of nitrogens with zero attached hydrogens (tertiary/aromatic N) is 3. The van der Waals surface area contributed by atoms with E-state index in [9.17, 15) is 14.4 Å². The minimum Gasteiger partial charge on any atom is -0.384 e. The Hall–Kier alpha value is -4.18. The van der Waals surface area contributed by atoms with Crippen LogP contribution in [0, 0.1) is 17.1 Å². The van der Waals surface area contributed by atoms with Gasteiger partial charge in [-0.2, -0.15) is 5.26 Å². The number of hydrogen-bond donors (Lipinski definition) is 2. The van der Waals surface area contributed by atoms with Crippen molar-refractivity contribution in [1.29, 1.82) is 5.26 Å². The summed E-state index contributed by atoms with van der Waals surface area (Å²) in [6, 6.07) is 12.7. The van der Waals surface area contributed by atoms with E-state index in [0.29, 0.717) is 19.6 Å². The van der Waals surface area contributed by atoms with Crippen molar-refractivity contribution < 1.29 is 9.18 Å². The van der Waals surface area contributed by atoms with Crippen molar-refractivity contribution in [2.75, 3.05) is 25.0 Å². The van der Waals surface area contributed by atoms with Crippen LogP contribution in [0.2, 0.25) is 0 Å². The van der Waals surface area contributed by atoms with Crippen LogP contribution in [-0.2, 0) is 4.79 Å². The SMILES string of the molecule is CC1=CC=C(C(=O)N2CCC(Nc3cc(-c4ccc(F)c(C#N)c4)cc4ccncc34)CC2)CN1. The number of carbonyl (C=O) groups is 1. The van der Waals surface area contributed by atoms with Gasteiger partial charge >= 0.3 is 0 Å². The maximum atomic E-state index is 13.9. The minimum atomic E-state index is -0.521. The van der Waals surface area contributed by atoms with Crippen LogP contribution in [0.15, 0.2) is 72.2 Å². The summed E-state index contributed by atoms with van der Waals surface area (Å²) in [5, 5.41) is 18.1. The number of piperidine rings is 1. The van der Waals surface area contributed by atoms with Gasteiger partial charge in [0.15, 0.2) is 0 Å². The van der Waals surface area contributed by atoms with E-state index >= 15 is 0 Å². The number of nitrogens with one attached hydrogen (secondary N) is 2. The Labute approximate surface area is 203 Å². The van der Waals surface area contributed by atoms with E-state index in [4.69, 9.17) is 0 Å². The lowest BCUT2D eigenvalue weighted by molar-refractivity contribution is -0.128. The van der Waals surface area contributed by atoms with Crippen molar-refractivity contribution in [2.45, 2.75) is 25.8 Å². The molecule has 2 aromatic carbocycles. The Bertz CT molecular complexity index is 1400. The number of nitriles is 1. The summed E-state index contributed by atoms with van der Waals surface area (Å²) in [6.45, 7) is 3.94. The Morgan fingerprint density at radius 2 is 2.00 bits per heavy atom. The molecule has 0 radical (unpaired) electrons. The Morgan fingerprint density at radius 1 is 1.17 bits per heavy atom. The van der Waals surface area contributed by atoms with Crippen molar-refractivity contribution >= 4 is 22.4 Å². The third kappa shape index (κ3) is 4.73. The average molecular weight is 468 g/mol. The third-order valence-electron chi connectivity index (χ3n) is 6.68. The molecule has 2 N–H and O–H groups in total. The summed E-state index contributed by atoms with van der Waals surface area (Å²) < 4.78 is 13.9. The molecule has 0 spiro atoms. The predicted octanol–water partition coefficient (Wildman–Crippen LogP) is 4.75. The van der Waals surface area contributed by atoms with Crippen LogP contribution >= 0.6 is 0 Å². The topological polar surface area (TPSA) is 81.1 Å². The number of amides is 1. The lowest BCUT2D eigenvalue weighted by Crippen LogP contribution is -2.44. The van der Waals surface area contributed by atoms with Gasteiger partial charge in [0.2, 0.25) is 0 Å². The lowest BCUT2D eigenvalue weighted by atomic mass is 9.97. The van der Waals surface area contributed by atoms with E-state index in [1.807, 2.05) is 54.4 Å². The molecule has 0 bridgehead atoms. The quantitative estimate of drug-likeness (QED) is 0.579. The van der Waals surface area contributed by atoms with Gasteiger partial charge in [-0.1, -0.05) is 12.1 Å². The first-order valence-electron chi connectivity index (χ1n) is 11.8. The van der Waals surface area contributed by atoms with Gasteiger partial charge in [-0.25, -0.2) is 4.39 Å². The zero-order chi connectivity index (χ0) is 24.4. The summed E-state index contributed by atoms with van der Waals surface area (Å²) in [4.78, 5) is 19.1. The normalized spacial score (nSPS) is 16.2. The molecule has 0 atom stereocenters. The largest absolute Gasteiger partial charge is 0.384 e. The van der Waals surface area contributed by atoms with Gasteiger partial charge < -0.3 is 15.5 Å². The Kier molecular flexibility index (Phi) is 6.19. The zero-order valence-electron chi connectivity index (χ0n) is 19.5. The fourth-order valence-corrected chi connectivity index (χ4v) is 4.65. The molecule has 3 aromatic rings. The molecule has 3 heterocycles. The number of benzene rings is 2. The molecule has 0 aliphatic carbocycles. The van der Waals surface area contributed by atoms with E-state index in [0.717, 1.165) is 51.7 Å². The first kappa shape index (κ1) is 22.6. The highest BCUT2D eigenvalue weighted by Crippen LogP contribution is 2.32. The summed E-state index contributed by atoms with van der Waals surface area (Å²) in [6.07, 6.45) is 9.11. The summed E-state index contributed by atoms with van der Waals surface area (Å²) in [5.74, 6) is -0.423. The van der Waals surface area contributed by atoms with Crippen LogP contribution in [0.1, 0.15) is 25.3 Å². The molecule has 2 aliphatic heterocycles. The van der Waals surface area contributed by atoms with E-state index < -0.39 is 5.82 Å². The van der Waals surface area contributed by atoms with E-state index in [1.54, 1.807) is 18.3 Å². The molecule has 2 aliphatic rings. The van der Waals surface area contributed by atoms with Crippen molar-refractivity contribution in [2.24, 2.45) is 0 Å². The van der Waals surface area contributed by atoms with Crippen LogP contribution < -0.4 is 10.6 Å². The van der Waals surface area contributed by atoms with Crippen LogP contribution in [0.4, 0.5) is 10.1 Å². The average Bonchev–Trinajstić information content (AvgIpc) is 2.89. The van der Waals surface area contributed by atoms with Crippen LogP contribution in [0.5, 0.6) is 0 Å². The van der Waals surface area contributed by atoms with Gasteiger partial charge in [-0.3, -0.25) is 9.78 Å². The van der Waals surface area contributed by atoms with Crippen molar-refractivity contribution in [1.82, 2.24) is 15.2 Å². The molecule has 1 fully saturated rings. The van der Waals surface area contributed by atoms with Gasteiger partial charge in [-0.15, -0.1) is 0 Å². The van der Waals surface area contributed by atoms with Gasteiger partial charge in [0.1, 0.15) is 11.9 Å². The number of anilines is 1. The molecular formula is C28H26FN5O. The molecule has 7 heteroatoms. The molecule has 6 nitrogen and oxygen atoms in total. The summed E-state index contributed by atoms with van der Waals surface area (Å²) in [5.41, 5.74) is 4.51. The molecule has 35 heavy (non-hydrogen) atoms. The number of rotatable bonds is 4. The smallest absolute Gasteiger partial charge is 0.251 e. The Morgan fingerprint density at radius 3 is 2.74 bits per heavy atom. The standard InChI is InChI=1S/C28H26FN5O/c1-18-2-3-21(16-32-18)28(35)34-10-7-24(8-11-34)33-27-14-22(13-20-6-9-31-17-25(20)27)19-4-5-26(29)23(12-19)15-30/h2-6,9,12-14,17,24,32-33H,7-8,10-11,16H2,1H3. The minimum absolute atomic E-state index is 0.0257. The molecule has 5 rings (SSSR count). The molecule has 1 aromatic heterocycles. The fourth-order valence-electron chi connectivity index (χ4n) is 4.65. The number of hydrogen-bond acceptors (Lipinski definition) is 5. The Balaban J connectivity index is 1.35. The first-order valence-corrected chi connectivity index (χ1v) is 11.8. The number of fused-ring (bicyclic) bond motifs is 1. The molecular weight excluding hydrogens is 441 g/mol. The molecule has 0 unspecified atom stereocenters. The second-order valence-electron chi connectivity index (χ2n) is 9.03. The molecule has 0 saturated carbocycles. The van der Waals surface area contributed by atoms with Crippen molar-refractivity contribution in [3.8, 4) is 17.2 Å². The highest BCUT2D eigenvalue weighted by Gasteiger charge is 2.25. The zero-order valence-corrected chi connectivity index (χ0v) is 19.5. The van der Waals surface area contributed by atoms with Gasteiger partial charge in [0, 0.05) is 60.4 Å². The van der Waals surface area contributed by atoms with Crippen molar-refractivity contribution in [3.05, 3.63) is 83.6 Å². The second-order valence-corrected chi connectivity index (χ2v) is 9.03. The number of likely N-dealkylation sites (tertiary alicyclic amines) is 1. The maximum Gasteiger partial charge on any atom is 0.251 e. The van der Waals surface area contributed by atoms with E-state index in [1.165, 1.54) is 6.07 Å². The van der Waals surface area contributed by atoms with Crippen LogP contribution in [0.3, 0.4) is 0 Å². The molecule has 1 saturated heterocycles. The predicted molar refractivity (Wildman–Crippen MR) is 135 cm³/mol. The third-order valence-corrected chi connectivity index (χ3v) is 6.68. The van der Waals surface area contributed by atoms with Gasteiger partial charge in [0.25, 0.3) is 5.91 Å². The second kappa shape index (κ2) is 9.59. The van der Waals surface area contributed by atoms with Crippen LogP contribution in [-0.4, -0.2) is 41.5 Å². The number of allylic oxidation sites excluding steroid dienone is 3. The van der Waals surface area contributed by atoms with Gasteiger partial charge in [-0.05, 0) is 72.7 Å². The number of aromatic nitrogens is 1. The summed E-state index contributed by atoms with van der Waals surface area (Å²) >= 11 is 0. The number of pyridine rings is 1. The summed E-state index contributed by atoms with van der Waals surface area (Å²) in [7, 11) is 0. The van der Waals surface area contributed by atoms with Crippen LogP contribution in [0.25, 0.3) is 21.9 Å². The highest BCUT2D eigenvalue weighted by molar-refractivity contribution is 5.97. The molecule has 1 amide bonds. The number of halogens is 1.